The zero-order valence-electron chi connectivity index (χ0n) is 12.6. The number of hydrogen-bond acceptors (Lipinski definition) is 6. The Labute approximate surface area is 132 Å². The van der Waals surface area contributed by atoms with Crippen LogP contribution in [-0.4, -0.2) is 50.1 Å². The summed E-state index contributed by atoms with van der Waals surface area (Å²) in [4.78, 5) is 33.2. The fourth-order valence-corrected chi connectivity index (χ4v) is 2.64. The molecular formula is C15H16N4O4. The Hall–Kier alpha value is -2.77. The van der Waals surface area contributed by atoms with Gasteiger partial charge in [-0.3, -0.25) is 4.79 Å². The van der Waals surface area contributed by atoms with Gasteiger partial charge in [0.25, 0.3) is 5.91 Å². The van der Waals surface area contributed by atoms with Crippen LogP contribution in [0.15, 0.2) is 22.7 Å². The van der Waals surface area contributed by atoms with Crippen LogP contribution in [0.1, 0.15) is 51.5 Å². The molecule has 2 aromatic rings. The van der Waals surface area contributed by atoms with Crippen molar-refractivity contribution in [1.82, 2.24) is 20.0 Å². The van der Waals surface area contributed by atoms with Gasteiger partial charge in [-0.2, -0.15) is 4.98 Å². The van der Waals surface area contributed by atoms with Crippen LogP contribution in [0.3, 0.4) is 0 Å². The molecule has 0 atom stereocenters. The standard InChI is InChI=1S/C15H16N4O4/c1-9-16-13(23-18-9)10-5-7-19(8-6-10)14(20)11-3-2-4-12(17-11)15(21)22/h2-4,10H,5-8H2,1H3,(H,21,22). The third-order valence-electron chi connectivity index (χ3n) is 3.86. The zero-order chi connectivity index (χ0) is 16.4. The Morgan fingerprint density at radius 1 is 1.22 bits per heavy atom. The topological polar surface area (TPSA) is 109 Å². The molecule has 1 aliphatic heterocycles. The van der Waals surface area contributed by atoms with E-state index in [9.17, 15) is 9.59 Å². The third-order valence-corrected chi connectivity index (χ3v) is 3.86. The summed E-state index contributed by atoms with van der Waals surface area (Å²) >= 11 is 0. The van der Waals surface area contributed by atoms with Crippen molar-refractivity contribution in [2.24, 2.45) is 0 Å². The zero-order valence-corrected chi connectivity index (χ0v) is 12.6. The number of rotatable bonds is 3. The number of hydrogen-bond donors (Lipinski definition) is 1. The quantitative estimate of drug-likeness (QED) is 0.913. The Kier molecular flexibility index (Phi) is 4.05. The molecule has 1 aliphatic rings. The van der Waals surface area contributed by atoms with Gasteiger partial charge in [-0.25, -0.2) is 9.78 Å². The normalized spacial score (nSPS) is 15.6. The molecule has 8 heteroatoms. The third kappa shape index (κ3) is 3.20. The van der Waals surface area contributed by atoms with E-state index in [4.69, 9.17) is 9.63 Å². The number of carboxylic acid groups (broad SMARTS) is 1. The van der Waals surface area contributed by atoms with Crippen LogP contribution in [0, 0.1) is 6.92 Å². The van der Waals surface area contributed by atoms with Gasteiger partial charge in [0.1, 0.15) is 11.4 Å². The van der Waals surface area contributed by atoms with Crippen molar-refractivity contribution in [3.05, 3.63) is 41.3 Å². The van der Waals surface area contributed by atoms with Crippen molar-refractivity contribution in [3.8, 4) is 0 Å². The van der Waals surface area contributed by atoms with Gasteiger partial charge in [-0.1, -0.05) is 11.2 Å². The number of nitrogens with zero attached hydrogens (tertiary/aromatic N) is 4. The van der Waals surface area contributed by atoms with Crippen molar-refractivity contribution in [2.75, 3.05) is 13.1 Å². The van der Waals surface area contributed by atoms with Crippen LogP contribution in [0.4, 0.5) is 0 Å². The van der Waals surface area contributed by atoms with Gasteiger partial charge in [0.15, 0.2) is 5.82 Å². The van der Waals surface area contributed by atoms with Gasteiger partial charge in [0.2, 0.25) is 5.89 Å². The Morgan fingerprint density at radius 2 is 1.91 bits per heavy atom. The highest BCUT2D eigenvalue weighted by molar-refractivity contribution is 5.94. The van der Waals surface area contributed by atoms with Crippen LogP contribution in [0.25, 0.3) is 0 Å². The molecule has 0 aliphatic carbocycles. The van der Waals surface area contributed by atoms with Crippen molar-refractivity contribution < 1.29 is 19.2 Å². The van der Waals surface area contributed by atoms with Crippen LogP contribution in [0.5, 0.6) is 0 Å². The molecule has 1 amide bonds. The lowest BCUT2D eigenvalue weighted by molar-refractivity contribution is 0.0686. The first-order valence-electron chi connectivity index (χ1n) is 7.34. The van der Waals surface area contributed by atoms with Gasteiger partial charge in [0, 0.05) is 19.0 Å². The largest absolute Gasteiger partial charge is 0.477 e. The van der Waals surface area contributed by atoms with E-state index in [2.05, 4.69) is 15.1 Å². The Balaban J connectivity index is 1.66. The lowest BCUT2D eigenvalue weighted by atomic mass is 9.96. The molecular weight excluding hydrogens is 300 g/mol. The second-order valence-corrected chi connectivity index (χ2v) is 5.46. The van der Waals surface area contributed by atoms with Crippen molar-refractivity contribution in [1.29, 1.82) is 0 Å². The summed E-state index contributed by atoms with van der Waals surface area (Å²) in [5.41, 5.74) is 0.0176. The van der Waals surface area contributed by atoms with Crippen molar-refractivity contribution >= 4 is 11.9 Å². The van der Waals surface area contributed by atoms with E-state index in [1.165, 1.54) is 18.2 Å². The molecule has 2 aromatic heterocycles. The smallest absolute Gasteiger partial charge is 0.354 e. The number of aromatic carboxylic acids is 1. The SMILES string of the molecule is Cc1noc(C2CCN(C(=O)c3cccc(C(=O)O)n3)CC2)n1. The number of pyridine rings is 1. The predicted octanol–water partition coefficient (Wildman–Crippen LogP) is 1.49. The Morgan fingerprint density at radius 3 is 2.52 bits per heavy atom. The minimum Gasteiger partial charge on any atom is -0.477 e. The fourth-order valence-electron chi connectivity index (χ4n) is 2.64. The summed E-state index contributed by atoms with van der Waals surface area (Å²) in [5.74, 6) is -0.0364. The molecule has 0 unspecified atom stereocenters. The van der Waals surface area contributed by atoms with E-state index in [-0.39, 0.29) is 23.2 Å². The average Bonchev–Trinajstić information content (AvgIpc) is 3.01. The Bertz CT molecular complexity index is 735. The van der Waals surface area contributed by atoms with Gasteiger partial charge < -0.3 is 14.5 Å². The second-order valence-electron chi connectivity index (χ2n) is 5.46. The van der Waals surface area contributed by atoms with E-state index in [1.807, 2.05) is 0 Å². The molecule has 8 nitrogen and oxygen atoms in total. The first-order chi connectivity index (χ1) is 11.0. The number of likely N-dealkylation sites (tertiary alicyclic amines) is 1. The number of carboxylic acids is 1. The lowest BCUT2D eigenvalue weighted by Crippen LogP contribution is -2.38. The molecule has 0 bridgehead atoms. The molecule has 3 heterocycles. The summed E-state index contributed by atoms with van der Waals surface area (Å²) in [5, 5.41) is 12.7. The number of amides is 1. The number of carbonyl (C=O) groups excluding carboxylic acids is 1. The average molecular weight is 316 g/mol. The summed E-state index contributed by atoms with van der Waals surface area (Å²) in [6, 6.07) is 4.42. The van der Waals surface area contributed by atoms with E-state index in [0.29, 0.717) is 24.8 Å². The highest BCUT2D eigenvalue weighted by atomic mass is 16.5. The number of aromatic nitrogens is 3. The van der Waals surface area contributed by atoms with Crippen LogP contribution in [0.2, 0.25) is 0 Å². The van der Waals surface area contributed by atoms with E-state index in [0.717, 1.165) is 12.8 Å². The van der Waals surface area contributed by atoms with Gasteiger partial charge in [-0.15, -0.1) is 0 Å². The number of aryl methyl sites for hydroxylation is 1. The van der Waals surface area contributed by atoms with Crippen LogP contribution < -0.4 is 0 Å². The molecule has 1 fully saturated rings. The maximum Gasteiger partial charge on any atom is 0.354 e. The number of carbonyl (C=O) groups is 2. The molecule has 3 rings (SSSR count). The predicted molar refractivity (Wildman–Crippen MR) is 78.1 cm³/mol. The number of piperidine rings is 1. The minimum atomic E-state index is -1.15. The van der Waals surface area contributed by atoms with Crippen molar-refractivity contribution in [2.45, 2.75) is 25.7 Å². The molecule has 1 saturated heterocycles. The maximum atomic E-state index is 12.4. The highest BCUT2D eigenvalue weighted by Gasteiger charge is 2.28. The molecule has 0 saturated carbocycles. The maximum absolute atomic E-state index is 12.4. The van der Waals surface area contributed by atoms with Gasteiger partial charge >= 0.3 is 5.97 Å². The summed E-state index contributed by atoms with van der Waals surface area (Å²) < 4.78 is 5.18. The minimum absolute atomic E-state index is 0.132. The van der Waals surface area contributed by atoms with Gasteiger partial charge in [-0.05, 0) is 31.9 Å². The summed E-state index contributed by atoms with van der Waals surface area (Å²) in [6.07, 6.45) is 1.46. The summed E-state index contributed by atoms with van der Waals surface area (Å²) in [6.45, 7) is 2.86. The monoisotopic (exact) mass is 316 g/mol. The van der Waals surface area contributed by atoms with Crippen LogP contribution >= 0.6 is 0 Å². The first-order valence-corrected chi connectivity index (χ1v) is 7.34. The first kappa shape index (κ1) is 15.1. The molecule has 120 valence electrons. The molecule has 0 radical (unpaired) electrons. The molecule has 0 spiro atoms. The van der Waals surface area contributed by atoms with E-state index >= 15 is 0 Å². The van der Waals surface area contributed by atoms with E-state index < -0.39 is 5.97 Å². The molecule has 0 aromatic carbocycles. The second kappa shape index (κ2) is 6.15. The van der Waals surface area contributed by atoms with Crippen molar-refractivity contribution in [3.63, 3.8) is 0 Å². The highest BCUT2D eigenvalue weighted by Crippen LogP contribution is 2.27. The van der Waals surface area contributed by atoms with Gasteiger partial charge in [0.05, 0.1) is 0 Å². The molecule has 23 heavy (non-hydrogen) atoms. The molecule has 1 N–H and O–H groups in total. The summed E-state index contributed by atoms with van der Waals surface area (Å²) in [7, 11) is 0. The van der Waals surface area contributed by atoms with Crippen LogP contribution in [-0.2, 0) is 0 Å². The van der Waals surface area contributed by atoms with E-state index in [1.54, 1.807) is 11.8 Å². The lowest BCUT2D eigenvalue weighted by Gasteiger charge is -2.30. The fraction of sp³-hybridized carbons (Fsp3) is 0.400.